The van der Waals surface area contributed by atoms with Gasteiger partial charge in [0.15, 0.2) is 0 Å². The molecule has 16 heavy (non-hydrogen) atoms. The van der Waals surface area contributed by atoms with E-state index in [0.717, 1.165) is 10.3 Å². The molecule has 1 rings (SSSR count). The first-order valence-electron chi connectivity index (χ1n) is 5.11. The molecule has 1 aromatic rings. The van der Waals surface area contributed by atoms with Crippen molar-refractivity contribution in [1.29, 1.82) is 0 Å². The first kappa shape index (κ1) is 13.5. The number of thiophene rings is 1. The van der Waals surface area contributed by atoms with E-state index in [1.165, 1.54) is 4.88 Å². The number of guanidine groups is 1. The van der Waals surface area contributed by atoms with Crippen molar-refractivity contribution in [3.63, 3.8) is 0 Å². The van der Waals surface area contributed by atoms with Crippen molar-refractivity contribution in [2.75, 3.05) is 6.54 Å². The predicted octanol–water partition coefficient (Wildman–Crippen LogP) is 2.08. The lowest BCUT2D eigenvalue weighted by Crippen LogP contribution is -2.42. The number of hydrogen-bond donors (Lipinski definition) is 3. The number of aliphatic imine (C=N–C) groups is 1. The quantitative estimate of drug-likeness (QED) is 0.345. The summed E-state index contributed by atoms with van der Waals surface area (Å²) in [6.45, 7) is 5.77. The fourth-order valence-corrected chi connectivity index (χ4v) is 2.45. The Hall–Kier alpha value is -0.590. The molecule has 0 aliphatic heterocycles. The zero-order valence-electron chi connectivity index (χ0n) is 9.46. The number of nitrogens with two attached hydrogens (primary N) is 1. The fourth-order valence-electron chi connectivity index (χ4n) is 1.05. The second-order valence-corrected chi connectivity index (χ2v) is 6.34. The highest BCUT2D eigenvalue weighted by Crippen LogP contribution is 2.22. The summed E-state index contributed by atoms with van der Waals surface area (Å²) in [5.41, 5.74) is 2.57. The van der Waals surface area contributed by atoms with Crippen LogP contribution in [0.5, 0.6) is 0 Å². The summed E-state index contributed by atoms with van der Waals surface area (Å²) in [5, 5.41) is 3.15. The van der Waals surface area contributed by atoms with E-state index in [2.05, 4.69) is 51.6 Å². The lowest BCUT2D eigenvalue weighted by Gasteiger charge is -2.10. The van der Waals surface area contributed by atoms with Crippen LogP contribution in [0.3, 0.4) is 0 Å². The molecule has 0 atom stereocenters. The Morgan fingerprint density at radius 2 is 2.31 bits per heavy atom. The summed E-state index contributed by atoms with van der Waals surface area (Å²) >= 11 is 5.10. The van der Waals surface area contributed by atoms with Crippen molar-refractivity contribution in [2.24, 2.45) is 16.8 Å². The maximum atomic E-state index is 5.38. The van der Waals surface area contributed by atoms with Gasteiger partial charge in [-0.15, -0.1) is 11.3 Å². The van der Waals surface area contributed by atoms with Gasteiger partial charge in [-0.25, -0.2) is 10.8 Å². The van der Waals surface area contributed by atoms with E-state index in [1.807, 2.05) is 6.07 Å². The van der Waals surface area contributed by atoms with Gasteiger partial charge in [-0.3, -0.25) is 5.43 Å². The number of nitrogens with zero attached hydrogens (tertiary/aromatic N) is 1. The van der Waals surface area contributed by atoms with Crippen LogP contribution in [0.1, 0.15) is 18.7 Å². The molecular formula is C10H17BrN4S. The van der Waals surface area contributed by atoms with Crippen molar-refractivity contribution >= 4 is 33.2 Å². The maximum absolute atomic E-state index is 5.38. The van der Waals surface area contributed by atoms with Crippen molar-refractivity contribution in [2.45, 2.75) is 20.4 Å². The fraction of sp³-hybridized carbons (Fsp3) is 0.500. The van der Waals surface area contributed by atoms with Crippen LogP contribution in [0.25, 0.3) is 0 Å². The highest BCUT2D eigenvalue weighted by Gasteiger charge is 1.99. The van der Waals surface area contributed by atoms with Crippen LogP contribution in [0.4, 0.5) is 0 Å². The smallest absolute Gasteiger partial charge is 0.206 e. The molecule has 0 amide bonds. The molecule has 0 unspecified atom stereocenters. The van der Waals surface area contributed by atoms with Gasteiger partial charge >= 0.3 is 0 Å². The van der Waals surface area contributed by atoms with Crippen LogP contribution >= 0.6 is 27.3 Å². The Kier molecular flexibility index (Phi) is 5.79. The molecule has 0 saturated heterocycles. The molecule has 0 fully saturated rings. The van der Waals surface area contributed by atoms with E-state index < -0.39 is 0 Å². The minimum absolute atomic E-state index is 0.564. The Morgan fingerprint density at radius 1 is 1.56 bits per heavy atom. The first-order valence-corrected chi connectivity index (χ1v) is 6.72. The van der Waals surface area contributed by atoms with E-state index in [1.54, 1.807) is 11.3 Å². The lowest BCUT2D eigenvalue weighted by molar-refractivity contribution is 0.615. The van der Waals surface area contributed by atoms with Crippen LogP contribution < -0.4 is 16.6 Å². The standard InChI is InChI=1S/C10H17BrN4S/c1-7(2)5-13-10(15-12)14-6-8-3-4-9(11)16-8/h3-4,7H,5-6,12H2,1-2H3,(H2,13,14,15). The maximum Gasteiger partial charge on any atom is 0.206 e. The van der Waals surface area contributed by atoms with Crippen LogP contribution in [-0.4, -0.2) is 12.5 Å². The van der Waals surface area contributed by atoms with E-state index in [9.17, 15) is 0 Å². The van der Waals surface area contributed by atoms with Crippen LogP contribution in [0.15, 0.2) is 20.9 Å². The van der Waals surface area contributed by atoms with E-state index in [4.69, 9.17) is 5.84 Å². The SMILES string of the molecule is CC(C)CNC(=NCc1ccc(Br)s1)NN. The van der Waals surface area contributed by atoms with Gasteiger partial charge in [-0.05, 0) is 34.0 Å². The lowest BCUT2D eigenvalue weighted by atomic mass is 10.2. The second-order valence-electron chi connectivity index (χ2n) is 3.79. The van der Waals surface area contributed by atoms with Crippen molar-refractivity contribution < 1.29 is 0 Å². The Labute approximate surface area is 108 Å². The molecule has 0 aliphatic rings. The summed E-state index contributed by atoms with van der Waals surface area (Å²) in [6.07, 6.45) is 0. The molecule has 0 aliphatic carbocycles. The molecule has 0 aromatic carbocycles. The van der Waals surface area contributed by atoms with Crippen molar-refractivity contribution in [3.05, 3.63) is 20.8 Å². The largest absolute Gasteiger partial charge is 0.355 e. The molecule has 0 saturated carbocycles. The number of halogens is 1. The summed E-state index contributed by atoms with van der Waals surface area (Å²) in [4.78, 5) is 5.56. The Bertz CT molecular complexity index is 348. The van der Waals surface area contributed by atoms with Crippen LogP contribution in [0.2, 0.25) is 0 Å². The molecule has 4 nitrogen and oxygen atoms in total. The number of hydrogen-bond acceptors (Lipinski definition) is 3. The number of nitrogens with one attached hydrogen (secondary N) is 2. The number of hydrazine groups is 1. The van der Waals surface area contributed by atoms with Gasteiger partial charge in [0, 0.05) is 11.4 Å². The average Bonchev–Trinajstić information content (AvgIpc) is 2.64. The molecule has 90 valence electrons. The van der Waals surface area contributed by atoms with Gasteiger partial charge in [-0.1, -0.05) is 13.8 Å². The van der Waals surface area contributed by atoms with Gasteiger partial charge in [-0.2, -0.15) is 0 Å². The molecule has 1 aromatic heterocycles. The molecule has 0 radical (unpaired) electrons. The van der Waals surface area contributed by atoms with Crippen LogP contribution in [0, 0.1) is 5.92 Å². The first-order chi connectivity index (χ1) is 7.61. The van der Waals surface area contributed by atoms with Crippen molar-refractivity contribution in [3.8, 4) is 0 Å². The van der Waals surface area contributed by atoms with Gasteiger partial charge < -0.3 is 5.32 Å². The monoisotopic (exact) mass is 304 g/mol. The summed E-state index contributed by atoms with van der Waals surface area (Å²) in [6, 6.07) is 4.07. The molecule has 4 N–H and O–H groups in total. The summed E-state index contributed by atoms with van der Waals surface area (Å²) in [7, 11) is 0. The Balaban J connectivity index is 2.46. The highest BCUT2D eigenvalue weighted by atomic mass is 79.9. The third kappa shape index (κ3) is 4.96. The molecule has 1 heterocycles. The highest BCUT2D eigenvalue weighted by molar-refractivity contribution is 9.11. The van der Waals surface area contributed by atoms with Gasteiger partial charge in [0.2, 0.25) is 5.96 Å². The molecule has 0 spiro atoms. The average molecular weight is 305 g/mol. The minimum atomic E-state index is 0.564. The predicted molar refractivity (Wildman–Crippen MR) is 73.3 cm³/mol. The minimum Gasteiger partial charge on any atom is -0.355 e. The molecule has 6 heteroatoms. The molecular weight excluding hydrogens is 288 g/mol. The topological polar surface area (TPSA) is 62.4 Å². The van der Waals surface area contributed by atoms with Crippen molar-refractivity contribution in [1.82, 2.24) is 10.7 Å². The second kappa shape index (κ2) is 6.88. The number of rotatable bonds is 4. The van der Waals surface area contributed by atoms with E-state index in [0.29, 0.717) is 18.4 Å². The van der Waals surface area contributed by atoms with Gasteiger partial charge in [0.1, 0.15) is 0 Å². The summed E-state index contributed by atoms with van der Waals surface area (Å²) < 4.78 is 1.12. The third-order valence-corrected chi connectivity index (χ3v) is 3.44. The zero-order chi connectivity index (χ0) is 12.0. The van der Waals surface area contributed by atoms with Crippen LogP contribution in [-0.2, 0) is 6.54 Å². The Morgan fingerprint density at radius 3 is 2.81 bits per heavy atom. The normalized spacial score (nSPS) is 11.9. The van der Waals surface area contributed by atoms with E-state index in [-0.39, 0.29) is 0 Å². The van der Waals surface area contributed by atoms with Gasteiger partial charge in [0.05, 0.1) is 10.3 Å². The summed E-state index contributed by atoms with van der Waals surface area (Å²) in [5.74, 6) is 6.58. The zero-order valence-corrected chi connectivity index (χ0v) is 11.9. The molecule has 0 bridgehead atoms. The van der Waals surface area contributed by atoms with Gasteiger partial charge in [0.25, 0.3) is 0 Å². The third-order valence-electron chi connectivity index (χ3n) is 1.84. The van der Waals surface area contributed by atoms with E-state index >= 15 is 0 Å².